The summed E-state index contributed by atoms with van der Waals surface area (Å²) in [4.78, 5) is 13.8. The number of carbonyl (C=O) groups is 1. The molecule has 1 saturated heterocycles. The fraction of sp³-hybridized carbons (Fsp3) is 0.643. The van der Waals surface area contributed by atoms with E-state index in [2.05, 4.69) is 12.2 Å². The SMILES string of the molecule is CCC(NCCC(=O)N1CCOCC1)c1ccco1. The minimum Gasteiger partial charge on any atom is -0.468 e. The standard InChI is InChI=1S/C14H22N2O3/c1-2-12(13-4-3-9-19-13)15-6-5-14(17)16-7-10-18-11-8-16/h3-4,9,12,15H,2,5-8,10-11H2,1H3. The van der Waals surface area contributed by atoms with Crippen LogP contribution in [0, 0.1) is 0 Å². The van der Waals surface area contributed by atoms with Crippen molar-refractivity contribution in [3.63, 3.8) is 0 Å². The molecular formula is C14H22N2O3. The van der Waals surface area contributed by atoms with Crippen LogP contribution in [0.2, 0.25) is 0 Å². The zero-order chi connectivity index (χ0) is 13.5. The fourth-order valence-electron chi connectivity index (χ4n) is 2.26. The van der Waals surface area contributed by atoms with Gasteiger partial charge in [-0.05, 0) is 18.6 Å². The van der Waals surface area contributed by atoms with E-state index in [1.807, 2.05) is 17.0 Å². The summed E-state index contributed by atoms with van der Waals surface area (Å²) >= 11 is 0. The molecule has 0 saturated carbocycles. The van der Waals surface area contributed by atoms with Crippen molar-refractivity contribution in [3.8, 4) is 0 Å². The summed E-state index contributed by atoms with van der Waals surface area (Å²) in [6.45, 7) is 5.52. The Hall–Kier alpha value is -1.33. The number of rotatable bonds is 6. The Labute approximate surface area is 113 Å². The van der Waals surface area contributed by atoms with Gasteiger partial charge in [0, 0.05) is 26.1 Å². The van der Waals surface area contributed by atoms with Crippen LogP contribution in [0.25, 0.3) is 0 Å². The lowest BCUT2D eigenvalue weighted by Crippen LogP contribution is -2.41. The van der Waals surface area contributed by atoms with Gasteiger partial charge in [-0.3, -0.25) is 4.79 Å². The highest BCUT2D eigenvalue weighted by atomic mass is 16.5. The predicted molar refractivity (Wildman–Crippen MR) is 71.8 cm³/mol. The van der Waals surface area contributed by atoms with Crippen LogP contribution < -0.4 is 5.32 Å². The van der Waals surface area contributed by atoms with Crippen LogP contribution in [0.4, 0.5) is 0 Å². The van der Waals surface area contributed by atoms with Gasteiger partial charge in [-0.25, -0.2) is 0 Å². The van der Waals surface area contributed by atoms with Crippen molar-refractivity contribution in [1.82, 2.24) is 10.2 Å². The summed E-state index contributed by atoms with van der Waals surface area (Å²) in [5, 5.41) is 3.37. The van der Waals surface area contributed by atoms with Crippen LogP contribution in [0.1, 0.15) is 31.6 Å². The highest BCUT2D eigenvalue weighted by Crippen LogP contribution is 2.16. The molecule has 1 unspecified atom stereocenters. The average molecular weight is 266 g/mol. The molecule has 1 N–H and O–H groups in total. The molecule has 1 aliphatic heterocycles. The molecule has 2 rings (SSSR count). The van der Waals surface area contributed by atoms with Gasteiger partial charge in [-0.2, -0.15) is 0 Å². The molecule has 106 valence electrons. The maximum absolute atomic E-state index is 12.0. The van der Waals surface area contributed by atoms with Gasteiger partial charge in [0.1, 0.15) is 5.76 Å². The number of carbonyl (C=O) groups excluding carboxylic acids is 1. The number of ether oxygens (including phenoxy) is 1. The summed E-state index contributed by atoms with van der Waals surface area (Å²) in [5.74, 6) is 1.13. The predicted octanol–water partition coefficient (Wildman–Crippen LogP) is 1.57. The third-order valence-corrected chi connectivity index (χ3v) is 3.39. The van der Waals surface area contributed by atoms with Crippen LogP contribution in [0.5, 0.6) is 0 Å². The first-order valence-corrected chi connectivity index (χ1v) is 6.93. The summed E-state index contributed by atoms with van der Waals surface area (Å²) in [5.41, 5.74) is 0. The number of amides is 1. The number of nitrogens with one attached hydrogen (secondary N) is 1. The quantitative estimate of drug-likeness (QED) is 0.849. The average Bonchev–Trinajstić information content (AvgIpc) is 2.98. The Morgan fingerprint density at radius 2 is 2.26 bits per heavy atom. The van der Waals surface area contributed by atoms with Crippen LogP contribution in [-0.4, -0.2) is 43.7 Å². The molecule has 1 atom stereocenters. The molecule has 1 aliphatic rings. The lowest BCUT2D eigenvalue weighted by molar-refractivity contribution is -0.135. The van der Waals surface area contributed by atoms with E-state index >= 15 is 0 Å². The number of hydrogen-bond donors (Lipinski definition) is 1. The van der Waals surface area contributed by atoms with Crippen LogP contribution >= 0.6 is 0 Å². The normalized spacial score (nSPS) is 17.4. The van der Waals surface area contributed by atoms with Gasteiger partial charge in [-0.1, -0.05) is 6.92 Å². The minimum absolute atomic E-state index is 0.187. The second-order valence-corrected chi connectivity index (χ2v) is 4.67. The molecular weight excluding hydrogens is 244 g/mol. The van der Waals surface area contributed by atoms with E-state index in [0.29, 0.717) is 39.3 Å². The van der Waals surface area contributed by atoms with Gasteiger partial charge in [0.05, 0.1) is 25.5 Å². The first-order valence-electron chi connectivity index (χ1n) is 6.93. The monoisotopic (exact) mass is 266 g/mol. The molecule has 5 nitrogen and oxygen atoms in total. The molecule has 5 heteroatoms. The molecule has 1 amide bonds. The molecule has 1 aromatic rings. The largest absolute Gasteiger partial charge is 0.468 e. The maximum Gasteiger partial charge on any atom is 0.224 e. The molecule has 0 aromatic carbocycles. The fourth-order valence-corrected chi connectivity index (χ4v) is 2.26. The van der Waals surface area contributed by atoms with E-state index in [9.17, 15) is 4.79 Å². The van der Waals surface area contributed by atoms with Gasteiger partial charge in [0.25, 0.3) is 0 Å². The van der Waals surface area contributed by atoms with Crippen molar-refractivity contribution in [2.75, 3.05) is 32.8 Å². The highest BCUT2D eigenvalue weighted by Gasteiger charge is 2.17. The number of nitrogens with zero attached hydrogens (tertiary/aromatic N) is 1. The molecule has 2 heterocycles. The Balaban J connectivity index is 1.71. The molecule has 0 spiro atoms. The highest BCUT2D eigenvalue weighted by molar-refractivity contribution is 5.76. The zero-order valence-corrected chi connectivity index (χ0v) is 11.4. The number of morpholine rings is 1. The summed E-state index contributed by atoms with van der Waals surface area (Å²) in [6, 6.07) is 4.04. The second-order valence-electron chi connectivity index (χ2n) is 4.67. The van der Waals surface area contributed by atoms with Crippen molar-refractivity contribution >= 4 is 5.91 Å². The Morgan fingerprint density at radius 1 is 1.47 bits per heavy atom. The van der Waals surface area contributed by atoms with Gasteiger partial charge in [0.15, 0.2) is 0 Å². The zero-order valence-electron chi connectivity index (χ0n) is 11.4. The summed E-state index contributed by atoms with van der Waals surface area (Å²) in [7, 11) is 0. The minimum atomic E-state index is 0.187. The van der Waals surface area contributed by atoms with Gasteiger partial charge < -0.3 is 19.4 Å². The number of hydrogen-bond acceptors (Lipinski definition) is 4. The molecule has 1 aromatic heterocycles. The first-order chi connectivity index (χ1) is 9.31. The van der Waals surface area contributed by atoms with E-state index < -0.39 is 0 Å². The Bertz CT molecular complexity index is 372. The molecule has 0 bridgehead atoms. The summed E-state index contributed by atoms with van der Waals surface area (Å²) in [6.07, 6.45) is 3.15. The van der Waals surface area contributed by atoms with Crippen molar-refractivity contribution in [1.29, 1.82) is 0 Å². The van der Waals surface area contributed by atoms with Crippen molar-refractivity contribution in [3.05, 3.63) is 24.2 Å². The Morgan fingerprint density at radius 3 is 2.89 bits per heavy atom. The number of furan rings is 1. The van der Waals surface area contributed by atoms with E-state index in [-0.39, 0.29) is 11.9 Å². The molecule has 0 radical (unpaired) electrons. The topological polar surface area (TPSA) is 54.7 Å². The van der Waals surface area contributed by atoms with E-state index in [0.717, 1.165) is 12.2 Å². The second kappa shape index (κ2) is 7.31. The molecule has 0 aliphatic carbocycles. The van der Waals surface area contributed by atoms with Crippen LogP contribution in [-0.2, 0) is 9.53 Å². The van der Waals surface area contributed by atoms with E-state index in [1.54, 1.807) is 6.26 Å². The molecule has 19 heavy (non-hydrogen) atoms. The van der Waals surface area contributed by atoms with E-state index in [4.69, 9.17) is 9.15 Å². The first kappa shape index (κ1) is 14.1. The van der Waals surface area contributed by atoms with Crippen molar-refractivity contribution in [2.45, 2.75) is 25.8 Å². The van der Waals surface area contributed by atoms with Gasteiger partial charge >= 0.3 is 0 Å². The lowest BCUT2D eigenvalue weighted by Gasteiger charge is -2.27. The van der Waals surface area contributed by atoms with Crippen LogP contribution in [0.15, 0.2) is 22.8 Å². The Kier molecular flexibility index (Phi) is 5.42. The third-order valence-electron chi connectivity index (χ3n) is 3.39. The molecule has 1 fully saturated rings. The van der Waals surface area contributed by atoms with Crippen LogP contribution in [0.3, 0.4) is 0 Å². The smallest absolute Gasteiger partial charge is 0.224 e. The van der Waals surface area contributed by atoms with Gasteiger partial charge in [0.2, 0.25) is 5.91 Å². The van der Waals surface area contributed by atoms with E-state index in [1.165, 1.54) is 0 Å². The summed E-state index contributed by atoms with van der Waals surface area (Å²) < 4.78 is 10.6. The third kappa shape index (κ3) is 4.08. The van der Waals surface area contributed by atoms with Crippen molar-refractivity contribution < 1.29 is 13.9 Å². The lowest BCUT2D eigenvalue weighted by atomic mass is 10.1. The maximum atomic E-state index is 12.0. The van der Waals surface area contributed by atoms with Crippen molar-refractivity contribution in [2.24, 2.45) is 0 Å². The van der Waals surface area contributed by atoms with Gasteiger partial charge in [-0.15, -0.1) is 0 Å².